The maximum absolute atomic E-state index is 5.77. The van der Waals surface area contributed by atoms with Gasteiger partial charge < -0.3 is 0 Å². The lowest BCUT2D eigenvalue weighted by Crippen LogP contribution is -2.30. The minimum absolute atomic E-state index is 0.106. The van der Waals surface area contributed by atoms with Crippen LogP contribution >= 0.6 is 22.6 Å². The predicted octanol–water partition coefficient (Wildman–Crippen LogP) is 2.82. The molecule has 0 amide bonds. The highest BCUT2D eigenvalue weighted by Gasteiger charge is 2.16. The third kappa shape index (κ3) is 3.39. The second kappa shape index (κ2) is 7.19. The first-order chi connectivity index (χ1) is 9.69. The first kappa shape index (κ1) is 15.5. The fraction of sp³-hybridized carbons (Fsp3) is 0.400. The molecule has 0 aliphatic heterocycles. The van der Waals surface area contributed by atoms with E-state index in [-0.39, 0.29) is 6.04 Å². The van der Waals surface area contributed by atoms with Crippen molar-refractivity contribution in [3.05, 3.63) is 50.9 Å². The summed E-state index contributed by atoms with van der Waals surface area (Å²) in [5.74, 6) is 5.77. The van der Waals surface area contributed by atoms with Gasteiger partial charge in [0.2, 0.25) is 0 Å². The van der Waals surface area contributed by atoms with Crippen LogP contribution in [-0.4, -0.2) is 9.78 Å². The molecule has 0 aliphatic carbocycles. The topological polar surface area (TPSA) is 55.9 Å². The smallest absolute Gasteiger partial charge is 0.0624 e. The van der Waals surface area contributed by atoms with E-state index in [2.05, 4.69) is 75.9 Å². The molecule has 108 valence electrons. The number of aryl methyl sites for hydroxylation is 2. The van der Waals surface area contributed by atoms with Crippen LogP contribution in [0.2, 0.25) is 0 Å². The Balaban J connectivity index is 2.26. The summed E-state index contributed by atoms with van der Waals surface area (Å²) in [6.07, 6.45) is 1.81. The molecule has 0 radical (unpaired) electrons. The lowest BCUT2D eigenvalue weighted by molar-refractivity contribution is 0.515. The molecule has 2 rings (SSSR count). The number of hydrogen-bond donors (Lipinski definition) is 2. The lowest BCUT2D eigenvalue weighted by atomic mass is 10.0. The summed E-state index contributed by atoms with van der Waals surface area (Å²) in [7, 11) is 0. The number of benzene rings is 1. The average molecular weight is 384 g/mol. The fourth-order valence-corrected chi connectivity index (χ4v) is 3.11. The highest BCUT2D eigenvalue weighted by Crippen LogP contribution is 2.23. The largest absolute Gasteiger partial charge is 0.271 e. The molecule has 1 aromatic carbocycles. The van der Waals surface area contributed by atoms with Gasteiger partial charge in [-0.1, -0.05) is 25.1 Å². The lowest BCUT2D eigenvalue weighted by Gasteiger charge is -2.18. The standard InChI is InChI=1S/C15H21IN4/c1-3-11-9-12(20(4-2)19-11)10-15(18-17)13-7-5-6-8-14(13)16/h5-9,15,18H,3-4,10,17H2,1-2H3. The molecular weight excluding hydrogens is 363 g/mol. The van der Waals surface area contributed by atoms with Crippen molar-refractivity contribution in [3.8, 4) is 0 Å². The zero-order valence-corrected chi connectivity index (χ0v) is 14.1. The summed E-state index contributed by atoms with van der Waals surface area (Å²) < 4.78 is 3.30. The summed E-state index contributed by atoms with van der Waals surface area (Å²) in [6.45, 7) is 5.14. The van der Waals surface area contributed by atoms with Crippen molar-refractivity contribution in [1.82, 2.24) is 15.2 Å². The van der Waals surface area contributed by atoms with Crippen LogP contribution in [0, 0.1) is 3.57 Å². The van der Waals surface area contributed by atoms with E-state index in [9.17, 15) is 0 Å². The Bertz CT molecular complexity index is 565. The SMILES string of the molecule is CCc1cc(CC(NN)c2ccccc2I)n(CC)n1. The number of hydrogen-bond acceptors (Lipinski definition) is 3. The van der Waals surface area contributed by atoms with E-state index in [1.165, 1.54) is 14.8 Å². The van der Waals surface area contributed by atoms with Gasteiger partial charge >= 0.3 is 0 Å². The number of nitrogens with two attached hydrogens (primary N) is 1. The maximum Gasteiger partial charge on any atom is 0.0624 e. The zero-order valence-electron chi connectivity index (χ0n) is 11.9. The van der Waals surface area contributed by atoms with Crippen LogP contribution in [0.5, 0.6) is 0 Å². The predicted molar refractivity (Wildman–Crippen MR) is 90.2 cm³/mol. The van der Waals surface area contributed by atoms with Crippen molar-refractivity contribution in [3.63, 3.8) is 0 Å². The Morgan fingerprint density at radius 1 is 1.35 bits per heavy atom. The van der Waals surface area contributed by atoms with E-state index in [1.807, 2.05) is 6.07 Å². The first-order valence-corrected chi connectivity index (χ1v) is 8.03. The van der Waals surface area contributed by atoms with Gasteiger partial charge in [-0.15, -0.1) is 0 Å². The summed E-state index contributed by atoms with van der Waals surface area (Å²) in [5, 5.41) is 4.60. The minimum atomic E-state index is 0.106. The van der Waals surface area contributed by atoms with E-state index < -0.39 is 0 Å². The summed E-state index contributed by atoms with van der Waals surface area (Å²) >= 11 is 2.35. The van der Waals surface area contributed by atoms with Gasteiger partial charge in [-0.25, -0.2) is 0 Å². The second-order valence-corrected chi connectivity index (χ2v) is 5.90. The van der Waals surface area contributed by atoms with Gasteiger partial charge in [0.15, 0.2) is 0 Å². The summed E-state index contributed by atoms with van der Waals surface area (Å²) in [4.78, 5) is 0. The van der Waals surface area contributed by atoms with E-state index >= 15 is 0 Å². The van der Waals surface area contributed by atoms with E-state index in [0.717, 1.165) is 25.1 Å². The minimum Gasteiger partial charge on any atom is -0.271 e. The highest BCUT2D eigenvalue weighted by molar-refractivity contribution is 14.1. The number of rotatable bonds is 6. The number of hydrazine groups is 1. The van der Waals surface area contributed by atoms with Crippen molar-refractivity contribution >= 4 is 22.6 Å². The molecule has 5 heteroatoms. The highest BCUT2D eigenvalue weighted by atomic mass is 127. The molecule has 0 saturated carbocycles. The van der Waals surface area contributed by atoms with E-state index in [1.54, 1.807) is 0 Å². The molecule has 4 nitrogen and oxygen atoms in total. The Hall–Kier alpha value is -0.920. The number of nitrogens with zero attached hydrogens (tertiary/aromatic N) is 2. The number of nitrogens with one attached hydrogen (secondary N) is 1. The maximum atomic E-state index is 5.77. The Kier molecular flexibility index (Phi) is 5.56. The van der Waals surface area contributed by atoms with Gasteiger partial charge in [-0.2, -0.15) is 5.10 Å². The van der Waals surface area contributed by atoms with Crippen LogP contribution < -0.4 is 11.3 Å². The van der Waals surface area contributed by atoms with Gasteiger partial charge in [-0.05, 0) is 53.6 Å². The molecule has 1 atom stereocenters. The van der Waals surface area contributed by atoms with Crippen LogP contribution in [0.4, 0.5) is 0 Å². The molecule has 2 aromatic rings. The fourth-order valence-electron chi connectivity index (χ4n) is 2.35. The van der Waals surface area contributed by atoms with Crippen LogP contribution in [0.25, 0.3) is 0 Å². The molecule has 0 aliphatic rings. The van der Waals surface area contributed by atoms with Crippen LogP contribution in [0.3, 0.4) is 0 Å². The van der Waals surface area contributed by atoms with Crippen molar-refractivity contribution in [2.45, 2.75) is 39.3 Å². The number of aromatic nitrogens is 2. The third-order valence-electron chi connectivity index (χ3n) is 3.47. The molecule has 0 spiro atoms. The van der Waals surface area contributed by atoms with Crippen molar-refractivity contribution in [1.29, 1.82) is 0 Å². The molecular formula is C15H21IN4. The summed E-state index contributed by atoms with van der Waals surface area (Å²) in [6, 6.07) is 10.6. The second-order valence-electron chi connectivity index (χ2n) is 4.74. The normalized spacial score (nSPS) is 12.6. The van der Waals surface area contributed by atoms with Gasteiger partial charge in [0.1, 0.15) is 0 Å². The van der Waals surface area contributed by atoms with E-state index in [4.69, 9.17) is 5.84 Å². The van der Waals surface area contributed by atoms with Gasteiger partial charge in [0, 0.05) is 22.2 Å². The Labute approximate surface area is 133 Å². The van der Waals surface area contributed by atoms with Gasteiger partial charge in [0.25, 0.3) is 0 Å². The molecule has 1 aromatic heterocycles. The van der Waals surface area contributed by atoms with Gasteiger partial charge in [0.05, 0.1) is 11.7 Å². The van der Waals surface area contributed by atoms with Gasteiger partial charge in [-0.3, -0.25) is 16.0 Å². The monoisotopic (exact) mass is 384 g/mol. The quantitative estimate of drug-likeness (QED) is 0.458. The molecule has 0 saturated heterocycles. The Morgan fingerprint density at radius 3 is 2.70 bits per heavy atom. The van der Waals surface area contributed by atoms with Crippen molar-refractivity contribution in [2.75, 3.05) is 0 Å². The molecule has 1 unspecified atom stereocenters. The Morgan fingerprint density at radius 2 is 2.10 bits per heavy atom. The summed E-state index contributed by atoms with van der Waals surface area (Å²) in [5.41, 5.74) is 6.54. The molecule has 1 heterocycles. The average Bonchev–Trinajstić information content (AvgIpc) is 2.88. The van der Waals surface area contributed by atoms with E-state index in [0.29, 0.717) is 0 Å². The third-order valence-corrected chi connectivity index (χ3v) is 4.45. The van der Waals surface area contributed by atoms with Crippen molar-refractivity contribution < 1.29 is 0 Å². The van der Waals surface area contributed by atoms with Crippen molar-refractivity contribution in [2.24, 2.45) is 5.84 Å². The first-order valence-electron chi connectivity index (χ1n) is 6.95. The van der Waals surface area contributed by atoms with Crippen LogP contribution in [-0.2, 0) is 19.4 Å². The molecule has 0 fully saturated rings. The number of halogens is 1. The van der Waals surface area contributed by atoms with Crippen LogP contribution in [0.15, 0.2) is 30.3 Å². The molecule has 3 N–H and O–H groups in total. The zero-order chi connectivity index (χ0) is 14.5. The molecule has 20 heavy (non-hydrogen) atoms. The van der Waals surface area contributed by atoms with Crippen LogP contribution in [0.1, 0.15) is 36.8 Å². The molecule has 0 bridgehead atoms.